The third-order valence-electron chi connectivity index (χ3n) is 2.51. The normalized spacial score (nSPS) is 9.90. The molecule has 6 nitrogen and oxygen atoms in total. The summed E-state index contributed by atoms with van der Waals surface area (Å²) in [5.74, 6) is -0.201. The Bertz CT molecular complexity index is 572. The van der Waals surface area contributed by atoms with Crippen molar-refractivity contribution in [3.8, 4) is 0 Å². The number of rotatable bonds is 6. The number of thiazole rings is 1. The van der Waals surface area contributed by atoms with Gasteiger partial charge in [0.1, 0.15) is 6.61 Å². The Morgan fingerprint density at radius 1 is 1.24 bits per heavy atom. The fourth-order valence-electron chi connectivity index (χ4n) is 1.52. The van der Waals surface area contributed by atoms with Crippen LogP contribution >= 0.6 is 11.3 Å². The lowest BCUT2D eigenvalue weighted by atomic mass is 10.2. The number of carbonyl (C=O) groups excluding carboxylic acids is 2. The maximum atomic E-state index is 11.5. The average molecular weight is 305 g/mol. The van der Waals surface area contributed by atoms with Crippen LogP contribution in [0.3, 0.4) is 0 Å². The van der Waals surface area contributed by atoms with E-state index in [0.29, 0.717) is 5.13 Å². The number of ether oxygens (including phenoxy) is 1. The minimum atomic E-state index is -0.541. The van der Waals surface area contributed by atoms with Crippen LogP contribution in [0.5, 0.6) is 0 Å². The van der Waals surface area contributed by atoms with Crippen molar-refractivity contribution >= 4 is 28.5 Å². The Labute approximate surface area is 126 Å². The largest absolute Gasteiger partial charge is 0.445 e. The van der Waals surface area contributed by atoms with Gasteiger partial charge >= 0.3 is 6.09 Å². The van der Waals surface area contributed by atoms with E-state index < -0.39 is 6.09 Å². The third-order valence-corrected chi connectivity index (χ3v) is 3.20. The third kappa shape index (κ3) is 5.62. The summed E-state index contributed by atoms with van der Waals surface area (Å²) in [7, 11) is 0. The van der Waals surface area contributed by atoms with E-state index in [1.807, 2.05) is 30.3 Å². The number of hydrogen-bond donors (Lipinski definition) is 2. The molecule has 0 aliphatic carbocycles. The lowest BCUT2D eigenvalue weighted by Crippen LogP contribution is -2.28. The highest BCUT2D eigenvalue weighted by molar-refractivity contribution is 7.13. The predicted octanol–water partition coefficient (Wildman–Crippen LogP) is 2.40. The van der Waals surface area contributed by atoms with Crippen molar-refractivity contribution in [1.82, 2.24) is 10.3 Å². The molecule has 2 aromatic rings. The average Bonchev–Trinajstić information content (AvgIpc) is 2.99. The van der Waals surface area contributed by atoms with Crippen LogP contribution in [0.4, 0.5) is 9.93 Å². The van der Waals surface area contributed by atoms with Crippen LogP contribution in [0.1, 0.15) is 12.0 Å². The van der Waals surface area contributed by atoms with Gasteiger partial charge in [-0.05, 0) is 5.56 Å². The molecule has 110 valence electrons. The molecule has 0 aliphatic heterocycles. The number of aromatic nitrogens is 1. The van der Waals surface area contributed by atoms with Gasteiger partial charge in [0, 0.05) is 24.5 Å². The number of carbonyl (C=O) groups is 2. The predicted molar refractivity (Wildman–Crippen MR) is 80.0 cm³/mol. The van der Waals surface area contributed by atoms with Crippen molar-refractivity contribution in [3.63, 3.8) is 0 Å². The van der Waals surface area contributed by atoms with Gasteiger partial charge in [-0.25, -0.2) is 9.78 Å². The van der Waals surface area contributed by atoms with Crippen molar-refractivity contribution in [3.05, 3.63) is 47.5 Å². The summed E-state index contributed by atoms with van der Waals surface area (Å²) in [6, 6.07) is 9.38. The van der Waals surface area contributed by atoms with Gasteiger partial charge in [-0.3, -0.25) is 4.79 Å². The summed E-state index contributed by atoms with van der Waals surface area (Å²) in [5, 5.41) is 7.47. The molecule has 0 radical (unpaired) electrons. The van der Waals surface area contributed by atoms with Crippen molar-refractivity contribution in [2.45, 2.75) is 13.0 Å². The fourth-order valence-corrected chi connectivity index (χ4v) is 2.06. The quantitative estimate of drug-likeness (QED) is 0.858. The Hall–Kier alpha value is -2.41. The number of anilines is 1. The second kappa shape index (κ2) is 8.01. The number of hydrogen-bond acceptors (Lipinski definition) is 5. The number of benzene rings is 1. The molecule has 0 atom stereocenters. The van der Waals surface area contributed by atoms with Crippen LogP contribution in [-0.4, -0.2) is 23.5 Å². The van der Waals surface area contributed by atoms with Crippen LogP contribution in [0.2, 0.25) is 0 Å². The molecule has 1 heterocycles. The molecular weight excluding hydrogens is 290 g/mol. The van der Waals surface area contributed by atoms with Gasteiger partial charge in [-0.1, -0.05) is 30.3 Å². The standard InChI is InChI=1S/C14H15N3O3S/c18-12(17-13-15-8-9-21-13)6-7-16-14(19)20-10-11-4-2-1-3-5-11/h1-5,8-9H,6-7,10H2,(H,16,19)(H,15,17,18). The molecule has 21 heavy (non-hydrogen) atoms. The van der Waals surface area contributed by atoms with Gasteiger partial charge in [-0.15, -0.1) is 11.3 Å². The fraction of sp³-hybridized carbons (Fsp3) is 0.214. The van der Waals surface area contributed by atoms with Gasteiger partial charge in [0.2, 0.25) is 5.91 Å². The molecule has 1 aromatic heterocycles. The number of nitrogens with one attached hydrogen (secondary N) is 2. The number of amides is 2. The summed E-state index contributed by atoms with van der Waals surface area (Å²) in [6.45, 7) is 0.419. The van der Waals surface area contributed by atoms with E-state index in [0.717, 1.165) is 5.56 Å². The molecular formula is C14H15N3O3S. The monoisotopic (exact) mass is 305 g/mol. The van der Waals surface area contributed by atoms with Gasteiger partial charge in [0.15, 0.2) is 5.13 Å². The zero-order valence-electron chi connectivity index (χ0n) is 11.2. The van der Waals surface area contributed by atoms with E-state index >= 15 is 0 Å². The second-order valence-electron chi connectivity index (χ2n) is 4.12. The highest BCUT2D eigenvalue weighted by atomic mass is 32.1. The molecule has 0 unspecified atom stereocenters. The van der Waals surface area contributed by atoms with Gasteiger partial charge in [0.05, 0.1) is 0 Å². The first kappa shape index (κ1) is 15.0. The highest BCUT2D eigenvalue weighted by Crippen LogP contribution is 2.10. The first-order valence-corrected chi connectivity index (χ1v) is 7.26. The molecule has 0 fully saturated rings. The van der Waals surface area contributed by atoms with Crippen LogP contribution in [0.15, 0.2) is 41.9 Å². The van der Waals surface area contributed by atoms with E-state index in [1.54, 1.807) is 11.6 Å². The zero-order chi connectivity index (χ0) is 14.9. The number of nitrogens with zero attached hydrogens (tertiary/aromatic N) is 1. The summed E-state index contributed by atoms with van der Waals surface area (Å²) < 4.78 is 5.02. The maximum Gasteiger partial charge on any atom is 0.407 e. The van der Waals surface area contributed by atoms with Crippen LogP contribution in [-0.2, 0) is 16.1 Å². The maximum absolute atomic E-state index is 11.5. The molecule has 1 aromatic carbocycles. The van der Waals surface area contributed by atoms with E-state index in [4.69, 9.17) is 4.74 Å². The van der Waals surface area contributed by atoms with E-state index in [2.05, 4.69) is 15.6 Å². The Morgan fingerprint density at radius 3 is 2.76 bits per heavy atom. The van der Waals surface area contributed by atoms with Crippen molar-refractivity contribution < 1.29 is 14.3 Å². The Kier molecular flexibility index (Phi) is 5.71. The lowest BCUT2D eigenvalue weighted by molar-refractivity contribution is -0.116. The van der Waals surface area contributed by atoms with E-state index in [1.165, 1.54) is 11.3 Å². The minimum absolute atomic E-state index is 0.167. The lowest BCUT2D eigenvalue weighted by Gasteiger charge is -2.07. The molecule has 0 aliphatic rings. The van der Waals surface area contributed by atoms with Crippen LogP contribution in [0.25, 0.3) is 0 Å². The topological polar surface area (TPSA) is 80.3 Å². The summed E-state index contributed by atoms with van der Waals surface area (Å²) in [6.07, 6.45) is 1.24. The SMILES string of the molecule is O=C(CCNC(=O)OCc1ccccc1)Nc1nccs1. The molecule has 0 spiro atoms. The van der Waals surface area contributed by atoms with Gasteiger partial charge < -0.3 is 15.4 Å². The van der Waals surface area contributed by atoms with Crippen molar-refractivity contribution in [2.24, 2.45) is 0 Å². The molecule has 2 rings (SSSR count). The summed E-state index contributed by atoms with van der Waals surface area (Å²) in [5.41, 5.74) is 0.911. The molecule has 0 saturated carbocycles. The van der Waals surface area contributed by atoms with E-state index in [-0.39, 0.29) is 25.5 Å². The molecule has 7 heteroatoms. The molecule has 0 saturated heterocycles. The second-order valence-corrected chi connectivity index (χ2v) is 5.02. The Balaban J connectivity index is 1.59. The van der Waals surface area contributed by atoms with Crippen molar-refractivity contribution in [2.75, 3.05) is 11.9 Å². The van der Waals surface area contributed by atoms with Crippen LogP contribution in [0, 0.1) is 0 Å². The Morgan fingerprint density at radius 2 is 2.05 bits per heavy atom. The first-order valence-electron chi connectivity index (χ1n) is 6.38. The molecule has 0 bridgehead atoms. The molecule has 2 N–H and O–H groups in total. The zero-order valence-corrected chi connectivity index (χ0v) is 12.1. The molecule has 2 amide bonds. The number of alkyl carbamates (subject to hydrolysis) is 1. The summed E-state index contributed by atoms with van der Waals surface area (Å²) >= 11 is 1.34. The van der Waals surface area contributed by atoms with Crippen LogP contribution < -0.4 is 10.6 Å². The summed E-state index contributed by atoms with van der Waals surface area (Å²) in [4.78, 5) is 26.9. The van der Waals surface area contributed by atoms with Gasteiger partial charge in [-0.2, -0.15) is 0 Å². The minimum Gasteiger partial charge on any atom is -0.445 e. The van der Waals surface area contributed by atoms with Gasteiger partial charge in [0.25, 0.3) is 0 Å². The smallest absolute Gasteiger partial charge is 0.407 e. The van der Waals surface area contributed by atoms with E-state index in [9.17, 15) is 9.59 Å². The highest BCUT2D eigenvalue weighted by Gasteiger charge is 2.06. The van der Waals surface area contributed by atoms with Crippen molar-refractivity contribution in [1.29, 1.82) is 0 Å². The first-order chi connectivity index (χ1) is 10.2.